The average molecular weight is 560 g/mol. The van der Waals surface area contributed by atoms with Gasteiger partial charge in [0.05, 0.1) is 22.8 Å². The van der Waals surface area contributed by atoms with Crippen LogP contribution < -0.4 is 9.47 Å². The maximum atomic E-state index is 13.8. The maximum absolute atomic E-state index is 13.8. The van der Waals surface area contributed by atoms with Gasteiger partial charge >= 0.3 is 0 Å². The Morgan fingerprint density at radius 3 is 2.48 bits per heavy atom. The molecule has 3 aromatic carbocycles. The number of imide groups is 1. The van der Waals surface area contributed by atoms with Gasteiger partial charge in [-0.2, -0.15) is 10.4 Å². The van der Waals surface area contributed by atoms with Crippen molar-refractivity contribution in [2.24, 2.45) is 0 Å². The Morgan fingerprint density at radius 2 is 1.76 bits per heavy atom. The summed E-state index contributed by atoms with van der Waals surface area (Å²) < 4.78 is 12.3. The molecular weight excluding hydrogens is 538 g/mol. The Bertz CT molecular complexity index is 1870. The number of carbonyl (C=O) groups excluding carboxylic acids is 2. The highest BCUT2D eigenvalue weighted by Gasteiger charge is 2.36. The summed E-state index contributed by atoms with van der Waals surface area (Å²) in [7, 11) is 0. The molecular formula is C31H21N5O6. The third kappa shape index (κ3) is 4.67. The summed E-state index contributed by atoms with van der Waals surface area (Å²) in [5.41, 5.74) is 3.31. The van der Waals surface area contributed by atoms with E-state index in [1.807, 2.05) is 36.4 Å². The zero-order valence-corrected chi connectivity index (χ0v) is 22.2. The van der Waals surface area contributed by atoms with E-state index in [4.69, 9.17) is 14.6 Å². The maximum Gasteiger partial charge on any atom is 0.271 e. The molecule has 0 bridgehead atoms. The van der Waals surface area contributed by atoms with Crippen LogP contribution in [0.1, 0.15) is 18.1 Å². The Balaban J connectivity index is 1.44. The average Bonchev–Trinajstić information content (AvgIpc) is 3.65. The number of hydrogen-bond acceptors (Lipinski definition) is 8. The molecule has 3 heterocycles. The van der Waals surface area contributed by atoms with E-state index in [2.05, 4.69) is 0 Å². The normalized spacial score (nSPS) is 15.3. The number of nitro groups is 1. The minimum Gasteiger partial charge on any atom is -0.454 e. The minimum absolute atomic E-state index is 0.0543. The first-order valence-corrected chi connectivity index (χ1v) is 12.8. The molecule has 0 radical (unpaired) electrons. The first-order chi connectivity index (χ1) is 20.3. The van der Waals surface area contributed by atoms with E-state index in [-0.39, 0.29) is 35.7 Å². The van der Waals surface area contributed by atoms with Crippen LogP contribution in [-0.4, -0.2) is 38.2 Å². The highest BCUT2D eigenvalue weighted by molar-refractivity contribution is 6.19. The Labute approximate surface area is 239 Å². The van der Waals surface area contributed by atoms with Crippen LogP contribution in [0.25, 0.3) is 23.0 Å². The lowest BCUT2D eigenvalue weighted by Gasteiger charge is -2.27. The van der Waals surface area contributed by atoms with Gasteiger partial charge in [0, 0.05) is 35.0 Å². The zero-order chi connectivity index (χ0) is 29.4. The van der Waals surface area contributed by atoms with Crippen molar-refractivity contribution in [3.8, 4) is 34.5 Å². The second-order valence-corrected chi connectivity index (χ2v) is 9.57. The first-order valence-electron chi connectivity index (χ1n) is 12.8. The molecule has 0 N–H and O–H groups in total. The number of ether oxygens (including phenoxy) is 2. The summed E-state index contributed by atoms with van der Waals surface area (Å²) in [6.07, 6.45) is 3.31. The first kappa shape index (κ1) is 26.2. The van der Waals surface area contributed by atoms with Crippen LogP contribution >= 0.6 is 0 Å². The van der Waals surface area contributed by atoms with Gasteiger partial charge in [-0.1, -0.05) is 36.4 Å². The summed E-state index contributed by atoms with van der Waals surface area (Å²) in [4.78, 5) is 38.7. The number of fused-ring (bicyclic) bond motifs is 1. The van der Waals surface area contributed by atoms with E-state index >= 15 is 0 Å². The molecule has 2 aliphatic heterocycles. The summed E-state index contributed by atoms with van der Waals surface area (Å²) >= 11 is 0. The molecule has 11 nitrogen and oxygen atoms in total. The Kier molecular flexibility index (Phi) is 6.56. The molecule has 42 heavy (non-hydrogen) atoms. The van der Waals surface area contributed by atoms with Crippen molar-refractivity contribution in [1.82, 2.24) is 14.7 Å². The molecule has 1 aromatic heterocycles. The van der Waals surface area contributed by atoms with Crippen LogP contribution in [0.4, 0.5) is 5.69 Å². The zero-order valence-electron chi connectivity index (χ0n) is 22.2. The summed E-state index contributed by atoms with van der Waals surface area (Å²) in [5, 5.41) is 25.7. The molecule has 206 valence electrons. The number of aromatic nitrogens is 2. The number of nitriles is 1. The number of rotatable bonds is 6. The smallest absolute Gasteiger partial charge is 0.271 e. The molecule has 0 saturated carbocycles. The molecule has 0 aliphatic carbocycles. The van der Waals surface area contributed by atoms with Gasteiger partial charge in [0.25, 0.3) is 17.5 Å². The molecule has 0 saturated heterocycles. The number of amides is 2. The fourth-order valence-corrected chi connectivity index (χ4v) is 4.82. The van der Waals surface area contributed by atoms with Crippen LogP contribution in [0.3, 0.4) is 0 Å². The van der Waals surface area contributed by atoms with E-state index < -0.39 is 16.7 Å². The third-order valence-corrected chi connectivity index (χ3v) is 7.02. The van der Waals surface area contributed by atoms with Crippen molar-refractivity contribution in [1.29, 1.82) is 5.26 Å². The van der Waals surface area contributed by atoms with Crippen molar-refractivity contribution in [3.05, 3.63) is 117 Å². The predicted octanol–water partition coefficient (Wildman–Crippen LogP) is 4.97. The largest absolute Gasteiger partial charge is 0.454 e. The molecule has 11 heteroatoms. The lowest BCUT2D eigenvalue weighted by molar-refractivity contribution is -0.384. The van der Waals surface area contributed by atoms with Gasteiger partial charge in [-0.15, -0.1) is 0 Å². The van der Waals surface area contributed by atoms with Gasteiger partial charge in [0.2, 0.25) is 6.79 Å². The van der Waals surface area contributed by atoms with Crippen molar-refractivity contribution in [3.63, 3.8) is 0 Å². The fourth-order valence-electron chi connectivity index (χ4n) is 4.82. The van der Waals surface area contributed by atoms with Crippen molar-refractivity contribution >= 4 is 23.6 Å². The van der Waals surface area contributed by atoms with Crippen molar-refractivity contribution in [2.75, 3.05) is 6.79 Å². The molecule has 0 atom stereocenters. The number of nitro benzene ring substituents is 1. The molecule has 0 spiro atoms. The van der Waals surface area contributed by atoms with Gasteiger partial charge in [-0.25, -0.2) is 4.68 Å². The van der Waals surface area contributed by atoms with Gasteiger partial charge in [-0.3, -0.25) is 24.6 Å². The van der Waals surface area contributed by atoms with Crippen LogP contribution in [0, 0.1) is 21.4 Å². The predicted molar refractivity (Wildman–Crippen MR) is 150 cm³/mol. The summed E-state index contributed by atoms with van der Waals surface area (Å²) in [6.45, 7) is 1.59. The number of nitrogens with zero attached hydrogens (tertiary/aromatic N) is 5. The van der Waals surface area contributed by atoms with Gasteiger partial charge in [0.15, 0.2) is 11.5 Å². The minimum atomic E-state index is -0.681. The van der Waals surface area contributed by atoms with Crippen LogP contribution in [0.5, 0.6) is 11.5 Å². The highest BCUT2D eigenvalue weighted by atomic mass is 16.7. The number of non-ortho nitro benzene ring substituents is 1. The van der Waals surface area contributed by atoms with E-state index in [9.17, 15) is 25.0 Å². The molecule has 4 aromatic rings. The topological polar surface area (TPSA) is 141 Å². The third-order valence-electron chi connectivity index (χ3n) is 7.02. The highest BCUT2D eigenvalue weighted by Crippen LogP contribution is 2.35. The van der Waals surface area contributed by atoms with Crippen LogP contribution in [-0.2, 0) is 16.1 Å². The Hall–Kier alpha value is -6.02. The van der Waals surface area contributed by atoms with Crippen LogP contribution in [0.15, 0.2) is 95.7 Å². The van der Waals surface area contributed by atoms with E-state index in [0.717, 1.165) is 10.5 Å². The molecule has 6 rings (SSSR count). The van der Waals surface area contributed by atoms with E-state index in [1.54, 1.807) is 54.2 Å². The molecule has 2 aliphatic rings. The van der Waals surface area contributed by atoms with Gasteiger partial charge in [0.1, 0.15) is 11.6 Å². The number of carbonyl (C=O) groups is 2. The molecule has 0 unspecified atom stereocenters. The van der Waals surface area contributed by atoms with Gasteiger partial charge < -0.3 is 9.47 Å². The lowest BCUT2D eigenvalue weighted by Crippen LogP contribution is -2.42. The fraction of sp³-hybridized carbons (Fsp3) is 0.0968. The second kappa shape index (κ2) is 10.5. The summed E-state index contributed by atoms with van der Waals surface area (Å²) in [6, 6.07) is 22.3. The standard InChI is InChI=1S/C31H21N5O6/c1-19-25(30(37)34(31(38)26(19)15-32)16-20-7-12-27-28(13-20)42-18-41-27)14-22-17-35(23-8-10-24(11-9-23)36(39)40)33-29(22)21-5-3-2-4-6-21/h2-14,17H,16,18H2,1H3/b25-14+. The Morgan fingerprint density at radius 1 is 1.02 bits per heavy atom. The SMILES string of the molecule is CC1=C(C#N)C(=O)N(Cc2ccc3c(c2)OCO3)C(=O)/C1=C/c1cn(-c2ccc([N+](=O)[O-])cc2)nc1-c1ccccc1. The number of benzene rings is 3. The second-order valence-electron chi connectivity index (χ2n) is 9.57. The van der Waals surface area contributed by atoms with Gasteiger partial charge in [-0.05, 0) is 48.4 Å². The molecule has 2 amide bonds. The number of hydrogen-bond donors (Lipinski definition) is 0. The van der Waals surface area contributed by atoms with Crippen LogP contribution in [0.2, 0.25) is 0 Å². The van der Waals surface area contributed by atoms with Crippen molar-refractivity contribution in [2.45, 2.75) is 13.5 Å². The monoisotopic (exact) mass is 559 g/mol. The lowest BCUT2D eigenvalue weighted by atomic mass is 9.93. The quantitative estimate of drug-likeness (QED) is 0.140. The summed E-state index contributed by atoms with van der Waals surface area (Å²) in [5.74, 6) is -0.155. The van der Waals surface area contributed by atoms with Crippen molar-refractivity contribution < 1.29 is 24.0 Å². The van der Waals surface area contributed by atoms with E-state index in [1.165, 1.54) is 12.1 Å². The molecule has 0 fully saturated rings. The van der Waals surface area contributed by atoms with E-state index in [0.29, 0.717) is 34.0 Å².